The van der Waals surface area contributed by atoms with Gasteiger partial charge in [-0.1, -0.05) is 13.8 Å². The molecule has 1 aliphatic heterocycles. The summed E-state index contributed by atoms with van der Waals surface area (Å²) in [6, 6.07) is 2.11. The van der Waals surface area contributed by atoms with Crippen LogP contribution in [0, 0.1) is 22.7 Å². The molecule has 1 fully saturated rings. The maximum absolute atomic E-state index is 12.6. The molecule has 4 nitrogen and oxygen atoms in total. The molecule has 1 rings (SSSR count). The minimum absolute atomic E-state index is 0.218. The third-order valence-electron chi connectivity index (χ3n) is 3.88. The number of carbonyl (C=O) groups is 1. The molecule has 0 spiro atoms. The van der Waals surface area contributed by atoms with Gasteiger partial charge in [0.15, 0.2) is 0 Å². The normalized spacial score (nSPS) is 23.7. The van der Waals surface area contributed by atoms with E-state index in [2.05, 4.69) is 25.2 Å². The van der Waals surface area contributed by atoms with Gasteiger partial charge in [0.1, 0.15) is 0 Å². The third-order valence-corrected chi connectivity index (χ3v) is 3.88. The molecule has 0 aromatic carbocycles. The highest BCUT2D eigenvalue weighted by molar-refractivity contribution is 5.83. The first kappa shape index (κ1) is 14.0. The van der Waals surface area contributed by atoms with Crippen molar-refractivity contribution in [1.29, 1.82) is 5.26 Å². The zero-order valence-corrected chi connectivity index (χ0v) is 11.1. The summed E-state index contributed by atoms with van der Waals surface area (Å²) in [5.41, 5.74) is -0.258. The van der Waals surface area contributed by atoms with Crippen molar-refractivity contribution < 1.29 is 4.79 Å². The minimum Gasteiger partial charge on any atom is -0.341 e. The van der Waals surface area contributed by atoms with E-state index in [1.807, 2.05) is 11.8 Å². The van der Waals surface area contributed by atoms with Crippen LogP contribution in [0.2, 0.25) is 0 Å². The molecule has 96 valence electrons. The van der Waals surface area contributed by atoms with Crippen molar-refractivity contribution in [2.24, 2.45) is 11.3 Å². The van der Waals surface area contributed by atoms with Crippen LogP contribution < -0.4 is 5.32 Å². The van der Waals surface area contributed by atoms with Crippen LogP contribution in [0.3, 0.4) is 0 Å². The summed E-state index contributed by atoms with van der Waals surface area (Å²) in [4.78, 5) is 14.5. The third kappa shape index (κ3) is 2.78. The lowest BCUT2D eigenvalue weighted by molar-refractivity contribution is -0.143. The molecule has 0 radical (unpaired) electrons. The zero-order chi connectivity index (χ0) is 12.9. The smallest absolute Gasteiger partial charge is 0.230 e. The topological polar surface area (TPSA) is 56.1 Å². The summed E-state index contributed by atoms with van der Waals surface area (Å²) in [7, 11) is 0. The predicted molar refractivity (Wildman–Crippen MR) is 67.2 cm³/mol. The number of nitriles is 1. The summed E-state index contributed by atoms with van der Waals surface area (Å²) >= 11 is 0. The van der Waals surface area contributed by atoms with E-state index in [1.54, 1.807) is 0 Å². The van der Waals surface area contributed by atoms with Crippen LogP contribution in [-0.4, -0.2) is 37.0 Å². The summed E-state index contributed by atoms with van der Waals surface area (Å²) in [5.74, 6) is 0.552. The van der Waals surface area contributed by atoms with Crippen LogP contribution in [0.4, 0.5) is 0 Å². The molecule has 1 N–H and O–H groups in total. The van der Waals surface area contributed by atoms with E-state index >= 15 is 0 Å². The molecule has 4 heteroatoms. The Kier molecular flexibility index (Phi) is 4.95. The molecule has 1 saturated heterocycles. The maximum Gasteiger partial charge on any atom is 0.230 e. The van der Waals surface area contributed by atoms with Crippen LogP contribution >= 0.6 is 0 Å². The monoisotopic (exact) mass is 237 g/mol. The number of rotatable bonds is 5. The summed E-state index contributed by atoms with van der Waals surface area (Å²) in [5, 5.41) is 11.9. The van der Waals surface area contributed by atoms with Gasteiger partial charge in [-0.25, -0.2) is 0 Å². The Morgan fingerprint density at radius 1 is 1.59 bits per heavy atom. The molecule has 1 atom stereocenters. The van der Waals surface area contributed by atoms with E-state index in [9.17, 15) is 4.79 Å². The van der Waals surface area contributed by atoms with Crippen LogP contribution in [0.25, 0.3) is 0 Å². The Hall–Kier alpha value is -1.08. The van der Waals surface area contributed by atoms with Gasteiger partial charge in [0, 0.05) is 19.6 Å². The Morgan fingerprint density at radius 2 is 2.29 bits per heavy atom. The lowest BCUT2D eigenvalue weighted by atomic mass is 9.75. The van der Waals surface area contributed by atoms with Crippen LogP contribution in [0.15, 0.2) is 0 Å². The number of nitrogens with one attached hydrogen (secondary N) is 1. The van der Waals surface area contributed by atoms with Crippen LogP contribution in [0.5, 0.6) is 0 Å². The SMILES string of the molecule is CCN(CCC#N)C(=O)C1(C(C)C)CCNC1. The van der Waals surface area contributed by atoms with Crippen LogP contribution in [-0.2, 0) is 4.79 Å². The molecule has 0 bridgehead atoms. The van der Waals surface area contributed by atoms with Gasteiger partial charge in [0.25, 0.3) is 0 Å². The summed E-state index contributed by atoms with van der Waals surface area (Å²) in [6.45, 7) is 9.14. The first-order valence-electron chi connectivity index (χ1n) is 6.45. The van der Waals surface area contributed by atoms with Crippen molar-refractivity contribution in [3.63, 3.8) is 0 Å². The fraction of sp³-hybridized carbons (Fsp3) is 0.846. The molecule has 1 unspecified atom stereocenters. The predicted octanol–water partition coefficient (Wildman–Crippen LogP) is 1.38. The van der Waals surface area contributed by atoms with Gasteiger partial charge >= 0.3 is 0 Å². The fourth-order valence-electron chi connectivity index (χ4n) is 2.54. The molecule has 1 amide bonds. The molecular weight excluding hydrogens is 214 g/mol. The molecule has 0 aliphatic carbocycles. The molecule has 1 aliphatic rings. The van der Waals surface area contributed by atoms with Gasteiger partial charge in [0.05, 0.1) is 17.9 Å². The molecule has 0 aromatic rings. The van der Waals surface area contributed by atoms with E-state index in [1.165, 1.54) is 0 Å². The standard InChI is InChI=1S/C13H23N3O/c1-4-16(9-5-7-14)12(17)13(11(2)3)6-8-15-10-13/h11,15H,4-6,8-10H2,1-3H3. The van der Waals surface area contributed by atoms with E-state index in [0.29, 0.717) is 25.4 Å². The molecule has 17 heavy (non-hydrogen) atoms. The Bertz CT molecular complexity index is 300. The number of amides is 1. The summed E-state index contributed by atoms with van der Waals surface area (Å²) in [6.07, 6.45) is 1.33. The van der Waals surface area contributed by atoms with E-state index in [0.717, 1.165) is 19.5 Å². The Morgan fingerprint density at radius 3 is 2.71 bits per heavy atom. The van der Waals surface area contributed by atoms with Gasteiger partial charge < -0.3 is 10.2 Å². The highest BCUT2D eigenvalue weighted by Crippen LogP contribution is 2.36. The zero-order valence-electron chi connectivity index (χ0n) is 11.1. The van der Waals surface area contributed by atoms with Crippen molar-refractivity contribution in [1.82, 2.24) is 10.2 Å². The lowest BCUT2D eigenvalue weighted by Crippen LogP contribution is -2.48. The molecule has 1 heterocycles. The van der Waals surface area contributed by atoms with Crippen molar-refractivity contribution in [2.75, 3.05) is 26.2 Å². The van der Waals surface area contributed by atoms with Crippen molar-refractivity contribution in [3.8, 4) is 6.07 Å². The Labute approximate surface area is 104 Å². The van der Waals surface area contributed by atoms with Gasteiger partial charge in [-0.05, 0) is 25.8 Å². The van der Waals surface area contributed by atoms with Gasteiger partial charge in [-0.2, -0.15) is 5.26 Å². The summed E-state index contributed by atoms with van der Waals surface area (Å²) < 4.78 is 0. The van der Waals surface area contributed by atoms with Crippen molar-refractivity contribution >= 4 is 5.91 Å². The quantitative estimate of drug-likeness (QED) is 0.786. The average Bonchev–Trinajstić information content (AvgIpc) is 2.80. The second kappa shape index (κ2) is 6.02. The first-order valence-corrected chi connectivity index (χ1v) is 6.45. The van der Waals surface area contributed by atoms with E-state index in [-0.39, 0.29) is 11.3 Å². The average molecular weight is 237 g/mol. The van der Waals surface area contributed by atoms with Gasteiger partial charge in [-0.15, -0.1) is 0 Å². The van der Waals surface area contributed by atoms with E-state index in [4.69, 9.17) is 5.26 Å². The van der Waals surface area contributed by atoms with Crippen molar-refractivity contribution in [2.45, 2.75) is 33.6 Å². The van der Waals surface area contributed by atoms with Gasteiger partial charge in [-0.3, -0.25) is 4.79 Å². The number of nitrogens with zero attached hydrogens (tertiary/aromatic N) is 2. The molecular formula is C13H23N3O. The Balaban J connectivity index is 2.80. The largest absolute Gasteiger partial charge is 0.341 e. The first-order chi connectivity index (χ1) is 8.08. The fourth-order valence-corrected chi connectivity index (χ4v) is 2.54. The highest BCUT2D eigenvalue weighted by Gasteiger charge is 2.45. The maximum atomic E-state index is 12.6. The van der Waals surface area contributed by atoms with Crippen molar-refractivity contribution in [3.05, 3.63) is 0 Å². The van der Waals surface area contributed by atoms with Gasteiger partial charge in [0.2, 0.25) is 5.91 Å². The van der Waals surface area contributed by atoms with Crippen LogP contribution in [0.1, 0.15) is 33.6 Å². The molecule has 0 aromatic heterocycles. The number of carbonyl (C=O) groups excluding carboxylic acids is 1. The highest BCUT2D eigenvalue weighted by atomic mass is 16.2. The molecule has 0 saturated carbocycles. The second-order valence-electron chi connectivity index (χ2n) is 5.03. The second-order valence-corrected chi connectivity index (χ2v) is 5.03. The lowest BCUT2D eigenvalue weighted by Gasteiger charge is -2.36. The number of hydrogen-bond acceptors (Lipinski definition) is 3. The van der Waals surface area contributed by atoms with E-state index < -0.39 is 0 Å². The minimum atomic E-state index is -0.258. The number of hydrogen-bond donors (Lipinski definition) is 1.